The molecule has 11 heteroatoms. The van der Waals surface area contributed by atoms with Crippen molar-refractivity contribution < 1.29 is 4.74 Å². The Hall–Kier alpha value is -3.99. The number of hydrogen-bond donors (Lipinski definition) is 1. The molecular weight excluding hydrogens is 528 g/mol. The average molecular weight is 559 g/mol. The first-order valence-corrected chi connectivity index (χ1v) is 13.8. The van der Waals surface area contributed by atoms with E-state index in [2.05, 4.69) is 37.1 Å². The Bertz CT molecular complexity index is 1730. The molecule has 1 saturated heterocycles. The number of aromatic nitrogens is 5. The number of anilines is 2. The maximum Gasteiger partial charge on any atom is 0.270 e. The summed E-state index contributed by atoms with van der Waals surface area (Å²) >= 11 is 6.41. The Morgan fingerprint density at radius 1 is 1.07 bits per heavy atom. The molecule has 1 aliphatic rings. The number of likely N-dealkylation sites (N-methyl/N-ethyl adjacent to an activating group) is 1. The molecule has 206 valence electrons. The van der Waals surface area contributed by atoms with Gasteiger partial charge in [0.15, 0.2) is 5.65 Å². The molecule has 0 radical (unpaired) electrons. The maximum absolute atomic E-state index is 13.5. The predicted molar refractivity (Wildman–Crippen MR) is 157 cm³/mol. The van der Waals surface area contributed by atoms with E-state index in [4.69, 9.17) is 16.3 Å². The molecule has 0 aliphatic carbocycles. The molecule has 2 aromatic carbocycles. The highest BCUT2D eigenvalue weighted by atomic mass is 35.5. The van der Waals surface area contributed by atoms with Crippen molar-refractivity contribution in [3.8, 4) is 11.4 Å². The number of nitrogens with zero attached hydrogens (tertiary/aromatic N) is 7. The van der Waals surface area contributed by atoms with E-state index < -0.39 is 0 Å². The van der Waals surface area contributed by atoms with Gasteiger partial charge in [0.05, 0.1) is 17.3 Å². The highest BCUT2D eigenvalue weighted by Gasteiger charge is 2.17. The van der Waals surface area contributed by atoms with Crippen LogP contribution in [-0.2, 0) is 0 Å². The molecule has 6 rings (SSSR count). The number of imidazole rings is 1. The van der Waals surface area contributed by atoms with Crippen LogP contribution >= 0.6 is 11.6 Å². The first kappa shape index (κ1) is 26.2. The van der Waals surface area contributed by atoms with Gasteiger partial charge in [0.25, 0.3) is 5.56 Å². The summed E-state index contributed by atoms with van der Waals surface area (Å²) in [5, 5.41) is 4.09. The topological polar surface area (TPSA) is 92.8 Å². The van der Waals surface area contributed by atoms with Crippen LogP contribution in [0.1, 0.15) is 12.0 Å². The number of para-hydroxylation sites is 1. The summed E-state index contributed by atoms with van der Waals surface area (Å²) in [6.45, 7) is 8.25. The van der Waals surface area contributed by atoms with Crippen molar-refractivity contribution in [1.82, 2.24) is 33.7 Å². The van der Waals surface area contributed by atoms with E-state index in [1.165, 1.54) is 10.8 Å². The predicted octanol–water partition coefficient (Wildman–Crippen LogP) is 4.15. The van der Waals surface area contributed by atoms with Crippen LogP contribution in [0.5, 0.6) is 5.75 Å². The van der Waals surface area contributed by atoms with Gasteiger partial charge in [-0.3, -0.25) is 9.20 Å². The smallest absolute Gasteiger partial charge is 0.270 e. The normalized spacial score (nSPS) is 14.7. The van der Waals surface area contributed by atoms with Gasteiger partial charge in [0.2, 0.25) is 11.7 Å². The van der Waals surface area contributed by atoms with E-state index in [-0.39, 0.29) is 5.56 Å². The number of halogens is 1. The largest absolute Gasteiger partial charge is 0.494 e. The summed E-state index contributed by atoms with van der Waals surface area (Å²) in [4.78, 5) is 31.9. The molecule has 0 unspecified atom stereocenters. The van der Waals surface area contributed by atoms with Crippen molar-refractivity contribution in [3.05, 3.63) is 82.0 Å². The van der Waals surface area contributed by atoms with E-state index >= 15 is 0 Å². The molecule has 10 nitrogen and oxygen atoms in total. The second-order valence-corrected chi connectivity index (χ2v) is 10.5. The first-order chi connectivity index (χ1) is 19.5. The fourth-order valence-electron chi connectivity index (χ4n) is 4.99. The van der Waals surface area contributed by atoms with E-state index in [0.29, 0.717) is 40.1 Å². The van der Waals surface area contributed by atoms with Crippen molar-refractivity contribution in [2.45, 2.75) is 13.3 Å². The van der Waals surface area contributed by atoms with Crippen molar-refractivity contribution in [3.63, 3.8) is 0 Å². The number of aryl methyl sites for hydroxylation is 1. The molecule has 1 aliphatic heterocycles. The van der Waals surface area contributed by atoms with Gasteiger partial charge in [0, 0.05) is 57.0 Å². The lowest BCUT2D eigenvalue weighted by atomic mass is 10.2. The van der Waals surface area contributed by atoms with Crippen LogP contribution in [0.2, 0.25) is 5.02 Å². The monoisotopic (exact) mass is 558 g/mol. The summed E-state index contributed by atoms with van der Waals surface area (Å²) in [5.41, 5.74) is 2.57. The second-order valence-electron chi connectivity index (χ2n) is 10.1. The van der Waals surface area contributed by atoms with Gasteiger partial charge in [0.1, 0.15) is 11.1 Å². The van der Waals surface area contributed by atoms with Crippen LogP contribution in [0.3, 0.4) is 0 Å². The first-order valence-electron chi connectivity index (χ1n) is 13.4. The third-order valence-electron chi connectivity index (χ3n) is 7.27. The van der Waals surface area contributed by atoms with Gasteiger partial charge >= 0.3 is 0 Å². The zero-order chi connectivity index (χ0) is 27.6. The highest BCUT2D eigenvalue weighted by molar-refractivity contribution is 6.32. The molecule has 1 fully saturated rings. The molecular formula is C29H31ClN8O2. The lowest BCUT2D eigenvalue weighted by Gasteiger charge is -2.32. The zero-order valence-electron chi connectivity index (χ0n) is 22.5. The molecule has 0 bridgehead atoms. The van der Waals surface area contributed by atoms with E-state index in [1.54, 1.807) is 28.9 Å². The van der Waals surface area contributed by atoms with Crippen LogP contribution in [0.25, 0.3) is 22.5 Å². The molecule has 0 amide bonds. The minimum atomic E-state index is -0.293. The van der Waals surface area contributed by atoms with Gasteiger partial charge in [-0.2, -0.15) is 4.98 Å². The molecule has 4 heterocycles. The highest BCUT2D eigenvalue weighted by Crippen LogP contribution is 2.25. The Kier molecular flexibility index (Phi) is 7.38. The van der Waals surface area contributed by atoms with Crippen LogP contribution in [-0.4, -0.2) is 80.1 Å². The van der Waals surface area contributed by atoms with Crippen LogP contribution < -0.4 is 15.6 Å². The van der Waals surface area contributed by atoms with Crippen LogP contribution in [0, 0.1) is 6.92 Å². The number of fused-ring (bicyclic) bond motifs is 3. The Balaban J connectivity index is 1.19. The summed E-state index contributed by atoms with van der Waals surface area (Å²) in [6.07, 6.45) is 5.93. The quantitative estimate of drug-likeness (QED) is 0.284. The summed E-state index contributed by atoms with van der Waals surface area (Å²) in [6, 6.07) is 13.1. The molecule has 0 atom stereocenters. The lowest BCUT2D eigenvalue weighted by molar-refractivity contribution is 0.145. The summed E-state index contributed by atoms with van der Waals surface area (Å²) in [7, 11) is 2.17. The SMILES string of the molecule is Cc1cc(OCCCN2CCN(C)CC2)ccc1Nc1ncc2c(=O)n(-c3ccccc3Cl)c3nccn3c2n1. The van der Waals surface area contributed by atoms with E-state index in [0.717, 1.165) is 56.1 Å². The van der Waals surface area contributed by atoms with E-state index in [9.17, 15) is 4.79 Å². The molecule has 0 spiro atoms. The number of nitrogens with one attached hydrogen (secondary N) is 1. The van der Waals surface area contributed by atoms with Crippen LogP contribution in [0.15, 0.2) is 65.8 Å². The average Bonchev–Trinajstić information content (AvgIpc) is 3.44. The van der Waals surface area contributed by atoms with E-state index in [1.807, 2.05) is 37.3 Å². The standard InChI is InChI=1S/C29H31ClN8O2/c1-20-18-21(40-17-5-11-36-15-13-35(2)14-16-36)8-9-24(20)33-28-32-19-22-26(34-28)37-12-10-31-29(37)38(27(22)39)25-7-4-3-6-23(25)30/h3-4,6-10,12,18-19H,5,11,13-17H2,1-2H3,(H,32,33,34). The Morgan fingerprint density at radius 3 is 2.70 bits per heavy atom. The van der Waals surface area contributed by atoms with Gasteiger partial charge in [-0.15, -0.1) is 0 Å². The zero-order valence-corrected chi connectivity index (χ0v) is 23.3. The van der Waals surface area contributed by atoms with Crippen molar-refractivity contribution in [2.75, 3.05) is 51.7 Å². The molecule has 3 aromatic heterocycles. The fraction of sp³-hybridized carbons (Fsp3) is 0.310. The van der Waals surface area contributed by atoms with Crippen molar-refractivity contribution in [2.24, 2.45) is 0 Å². The maximum atomic E-state index is 13.5. The summed E-state index contributed by atoms with van der Waals surface area (Å²) in [5.74, 6) is 1.63. The third kappa shape index (κ3) is 5.25. The molecule has 0 saturated carbocycles. The minimum Gasteiger partial charge on any atom is -0.494 e. The molecule has 1 N–H and O–H groups in total. The van der Waals surface area contributed by atoms with Crippen molar-refractivity contribution >= 4 is 40.0 Å². The lowest BCUT2D eigenvalue weighted by Crippen LogP contribution is -2.44. The second kappa shape index (κ2) is 11.2. The number of benzene rings is 2. The van der Waals surface area contributed by atoms with Gasteiger partial charge < -0.3 is 19.9 Å². The minimum absolute atomic E-state index is 0.293. The van der Waals surface area contributed by atoms with Crippen molar-refractivity contribution in [1.29, 1.82) is 0 Å². The number of piperazine rings is 1. The Labute approximate surface area is 236 Å². The summed E-state index contributed by atoms with van der Waals surface area (Å²) < 4.78 is 9.26. The molecule has 5 aromatic rings. The van der Waals surface area contributed by atoms with Crippen LogP contribution in [0.4, 0.5) is 11.6 Å². The third-order valence-corrected chi connectivity index (χ3v) is 7.59. The number of ether oxygens (including phenoxy) is 1. The number of rotatable bonds is 8. The van der Waals surface area contributed by atoms with Gasteiger partial charge in [-0.25, -0.2) is 14.5 Å². The van der Waals surface area contributed by atoms with Gasteiger partial charge in [-0.1, -0.05) is 23.7 Å². The number of hydrogen-bond acceptors (Lipinski definition) is 8. The Morgan fingerprint density at radius 2 is 1.90 bits per heavy atom. The van der Waals surface area contributed by atoms with Gasteiger partial charge in [-0.05, 0) is 56.3 Å². The fourth-order valence-corrected chi connectivity index (χ4v) is 5.21. The molecule has 40 heavy (non-hydrogen) atoms.